The number of alkyl halides is 3. The molecule has 2 aromatic carbocycles. The second-order valence-corrected chi connectivity index (χ2v) is 9.61. The number of carbonyl (C=O) groups is 3. The first-order chi connectivity index (χ1) is 19.0. The van der Waals surface area contributed by atoms with Crippen molar-refractivity contribution in [1.82, 2.24) is 9.96 Å². The van der Waals surface area contributed by atoms with Crippen LogP contribution in [0.1, 0.15) is 36.5 Å². The van der Waals surface area contributed by atoms with Crippen LogP contribution >= 0.6 is 0 Å². The molecule has 0 N–H and O–H groups in total. The number of nitrogens with zero attached hydrogens (tertiary/aromatic N) is 2. The number of hydroxylamine groups is 2. The topological polar surface area (TPSA) is 94.6 Å². The van der Waals surface area contributed by atoms with E-state index >= 15 is 0 Å². The third-order valence-electron chi connectivity index (χ3n) is 6.99. The van der Waals surface area contributed by atoms with Crippen molar-refractivity contribution in [3.05, 3.63) is 77.6 Å². The molecule has 40 heavy (non-hydrogen) atoms. The number of rotatable bonds is 6. The molecule has 1 spiro atoms. The van der Waals surface area contributed by atoms with Crippen molar-refractivity contribution in [2.75, 3.05) is 19.6 Å². The average molecular weight is 564 g/mol. The van der Waals surface area contributed by atoms with Crippen molar-refractivity contribution in [1.29, 1.82) is 0 Å². The first-order valence-corrected chi connectivity index (χ1v) is 12.5. The summed E-state index contributed by atoms with van der Waals surface area (Å²) < 4.78 is 70.4. The van der Waals surface area contributed by atoms with Crippen molar-refractivity contribution in [3.8, 4) is 5.75 Å². The third kappa shape index (κ3) is 5.88. The minimum Gasteiger partial charge on any atom is -0.486 e. The van der Waals surface area contributed by atoms with Crippen LogP contribution in [-0.2, 0) is 30.1 Å². The largest absolute Gasteiger partial charge is 0.486 e. The van der Waals surface area contributed by atoms with Crippen molar-refractivity contribution < 1.29 is 51.0 Å². The van der Waals surface area contributed by atoms with Gasteiger partial charge in [-0.2, -0.15) is 13.2 Å². The number of hydrogen-bond acceptors (Lipinski definition) is 8. The number of ether oxygens (including phenoxy) is 3. The number of halogens is 4. The third-order valence-corrected chi connectivity index (χ3v) is 6.99. The molecule has 2 unspecified atom stereocenters. The molecule has 0 radical (unpaired) electrons. The van der Waals surface area contributed by atoms with Gasteiger partial charge in [-0.25, -0.2) is 18.8 Å². The number of fused-ring (bicyclic) bond motifs is 2. The quantitative estimate of drug-likeness (QED) is 0.373. The molecule has 1 amide bonds. The van der Waals surface area contributed by atoms with E-state index in [1.165, 1.54) is 30.3 Å². The molecule has 13 heteroatoms. The number of piperidine rings is 1. The molecule has 5 rings (SSSR count). The highest BCUT2D eigenvalue weighted by Gasteiger charge is 2.59. The van der Waals surface area contributed by atoms with Gasteiger partial charge in [0, 0.05) is 51.0 Å². The maximum absolute atomic E-state index is 13.4. The Morgan fingerprint density at radius 3 is 2.40 bits per heavy atom. The van der Waals surface area contributed by atoms with E-state index in [1.807, 2.05) is 4.90 Å². The normalized spacial score (nSPS) is 22.4. The van der Waals surface area contributed by atoms with E-state index in [2.05, 4.69) is 0 Å². The summed E-state index contributed by atoms with van der Waals surface area (Å²) in [4.78, 5) is 43.3. The number of esters is 1. The van der Waals surface area contributed by atoms with Crippen LogP contribution < -0.4 is 4.74 Å². The van der Waals surface area contributed by atoms with Crippen molar-refractivity contribution >= 4 is 18.0 Å². The predicted octanol–water partition coefficient (Wildman–Crippen LogP) is 4.54. The fourth-order valence-corrected chi connectivity index (χ4v) is 4.92. The van der Waals surface area contributed by atoms with Gasteiger partial charge in [-0.1, -0.05) is 17.2 Å². The molecule has 0 aromatic heterocycles. The molecule has 212 valence electrons. The van der Waals surface area contributed by atoms with E-state index in [0.29, 0.717) is 42.4 Å². The smallest absolute Gasteiger partial charge is 0.447 e. The van der Waals surface area contributed by atoms with Gasteiger partial charge in [0.15, 0.2) is 5.60 Å². The predicted molar refractivity (Wildman–Crippen MR) is 128 cm³/mol. The Bertz CT molecular complexity index is 1310. The van der Waals surface area contributed by atoms with Gasteiger partial charge in [0.25, 0.3) is 6.23 Å². The van der Waals surface area contributed by atoms with Crippen molar-refractivity contribution in [2.45, 2.75) is 43.4 Å². The van der Waals surface area contributed by atoms with E-state index < -0.39 is 53.5 Å². The fourth-order valence-electron chi connectivity index (χ4n) is 4.92. The standard InChI is InChI=1S/C27H24F4N2O7/c28-19-4-6-20(7-5-19)37-21(17-2-1-3-18(16-17)27(29,30)31)10-13-32-14-11-26(12-15-32)24-33(25(36)39-26)40-23(35)9-8-22(34)38-24/h1-9,16,21,24H,10-15H2/b9-8+. The zero-order valence-electron chi connectivity index (χ0n) is 20.9. The van der Waals surface area contributed by atoms with Crippen LogP contribution in [0, 0.1) is 5.82 Å². The molecule has 2 fully saturated rings. The Hall–Kier alpha value is -4.13. The van der Waals surface area contributed by atoms with Gasteiger partial charge >= 0.3 is 24.2 Å². The Morgan fingerprint density at radius 2 is 1.70 bits per heavy atom. The molecule has 0 saturated carbocycles. The van der Waals surface area contributed by atoms with Gasteiger partial charge in [0.2, 0.25) is 0 Å². The highest BCUT2D eigenvalue weighted by atomic mass is 19.4. The van der Waals surface area contributed by atoms with Crippen molar-refractivity contribution in [3.63, 3.8) is 0 Å². The van der Waals surface area contributed by atoms with Gasteiger partial charge < -0.3 is 23.9 Å². The minimum absolute atomic E-state index is 0.238. The molecule has 9 nitrogen and oxygen atoms in total. The van der Waals surface area contributed by atoms with Crippen LogP contribution in [0.25, 0.3) is 0 Å². The maximum atomic E-state index is 13.4. The molecule has 2 aromatic rings. The van der Waals surface area contributed by atoms with Crippen LogP contribution in [0.5, 0.6) is 5.75 Å². The minimum atomic E-state index is -4.53. The Balaban J connectivity index is 1.28. The Labute approximate surface area is 225 Å². The summed E-state index contributed by atoms with van der Waals surface area (Å²) in [6.07, 6.45) is -5.01. The van der Waals surface area contributed by atoms with Crippen LogP contribution in [0.4, 0.5) is 22.4 Å². The lowest BCUT2D eigenvalue weighted by atomic mass is 9.89. The first-order valence-electron chi connectivity index (χ1n) is 12.5. The molecule has 0 aliphatic carbocycles. The van der Waals surface area contributed by atoms with Crippen molar-refractivity contribution in [2.24, 2.45) is 0 Å². The summed E-state index contributed by atoms with van der Waals surface area (Å²) >= 11 is 0. The summed E-state index contributed by atoms with van der Waals surface area (Å²) in [6, 6.07) is 10.1. The molecule has 3 aliphatic rings. The molecule has 2 saturated heterocycles. The molecular formula is C27H24F4N2O7. The summed E-state index contributed by atoms with van der Waals surface area (Å²) in [5, 5.41) is 0.625. The summed E-state index contributed by atoms with van der Waals surface area (Å²) in [5.74, 6) is -1.92. The molecule has 0 bridgehead atoms. The maximum Gasteiger partial charge on any atom is 0.447 e. The Morgan fingerprint density at radius 1 is 1.00 bits per heavy atom. The van der Waals surface area contributed by atoms with Gasteiger partial charge in [0.1, 0.15) is 17.7 Å². The second-order valence-electron chi connectivity index (χ2n) is 9.61. The van der Waals surface area contributed by atoms with E-state index in [-0.39, 0.29) is 12.8 Å². The number of carbonyl (C=O) groups excluding carboxylic acids is 3. The molecule has 3 aliphatic heterocycles. The van der Waals surface area contributed by atoms with Crippen LogP contribution in [0.2, 0.25) is 0 Å². The number of likely N-dealkylation sites (tertiary alicyclic amines) is 1. The second kappa shape index (κ2) is 10.8. The van der Waals surface area contributed by atoms with E-state index in [4.69, 9.17) is 19.0 Å². The summed E-state index contributed by atoms with van der Waals surface area (Å²) in [6.45, 7) is 1.16. The van der Waals surface area contributed by atoms with E-state index in [9.17, 15) is 31.9 Å². The summed E-state index contributed by atoms with van der Waals surface area (Å²) in [7, 11) is 0. The number of benzene rings is 2. The molecule has 3 heterocycles. The number of amides is 1. The Kier molecular flexibility index (Phi) is 7.41. The van der Waals surface area contributed by atoms with Gasteiger partial charge in [-0.05, 0) is 42.0 Å². The lowest BCUT2D eigenvalue weighted by molar-refractivity contribution is -0.222. The molecular weight excluding hydrogens is 540 g/mol. The fraction of sp³-hybridized carbons (Fsp3) is 0.370. The zero-order valence-corrected chi connectivity index (χ0v) is 20.9. The highest BCUT2D eigenvalue weighted by molar-refractivity contribution is 5.93. The number of hydrogen-bond donors (Lipinski definition) is 0. The zero-order chi connectivity index (χ0) is 28.5. The van der Waals surface area contributed by atoms with Crippen LogP contribution in [0.15, 0.2) is 60.7 Å². The lowest BCUT2D eigenvalue weighted by Crippen LogP contribution is -2.54. The van der Waals surface area contributed by atoms with Gasteiger partial charge in [0.05, 0.1) is 5.56 Å². The van der Waals surface area contributed by atoms with Crippen LogP contribution in [0.3, 0.4) is 0 Å². The van der Waals surface area contributed by atoms with E-state index in [1.54, 1.807) is 6.07 Å². The molecule has 2 atom stereocenters. The lowest BCUT2D eigenvalue weighted by Gasteiger charge is -2.40. The first kappa shape index (κ1) is 27.4. The van der Waals surface area contributed by atoms with Gasteiger partial charge in [-0.3, -0.25) is 0 Å². The van der Waals surface area contributed by atoms with Gasteiger partial charge in [-0.15, -0.1) is 0 Å². The summed E-state index contributed by atoms with van der Waals surface area (Å²) in [5.41, 5.74) is -1.74. The van der Waals surface area contributed by atoms with Crippen LogP contribution in [-0.4, -0.2) is 59.5 Å². The SMILES string of the molecule is O=C1/C=C/C(=O)ON2C(=O)OC3(CCN(CCC(Oc4ccc(F)cc4)c4cccc(C(F)(F)F)c4)CC3)C2O1. The average Bonchev–Trinajstić information content (AvgIpc) is 3.15. The monoisotopic (exact) mass is 564 g/mol. The van der Waals surface area contributed by atoms with E-state index in [0.717, 1.165) is 24.3 Å². The highest BCUT2D eigenvalue weighted by Crippen LogP contribution is 2.40.